The van der Waals surface area contributed by atoms with Crippen LogP contribution in [0.3, 0.4) is 0 Å². The number of benzene rings is 2. The fourth-order valence-corrected chi connectivity index (χ4v) is 3.49. The van der Waals surface area contributed by atoms with Gasteiger partial charge in [-0.1, -0.05) is 6.07 Å². The Morgan fingerprint density at radius 3 is 2.52 bits per heavy atom. The first-order valence-electron chi connectivity index (χ1n) is 8.85. The van der Waals surface area contributed by atoms with Crippen molar-refractivity contribution in [1.82, 2.24) is 19.8 Å². The highest BCUT2D eigenvalue weighted by molar-refractivity contribution is 7.89. The van der Waals surface area contributed by atoms with Crippen LogP contribution in [0.1, 0.15) is 21.6 Å². The normalized spacial score (nSPS) is 11.3. The van der Waals surface area contributed by atoms with Crippen LogP contribution in [-0.2, 0) is 16.6 Å². The van der Waals surface area contributed by atoms with Crippen LogP contribution in [0.2, 0.25) is 0 Å². The number of carbonyl (C=O) groups excluding carboxylic acids is 1. The lowest BCUT2D eigenvalue weighted by atomic mass is 10.1. The molecular formula is C20H22N4O4S. The summed E-state index contributed by atoms with van der Waals surface area (Å²) in [4.78, 5) is 12.6. The Hall–Kier alpha value is -3.17. The van der Waals surface area contributed by atoms with Crippen LogP contribution in [0.25, 0.3) is 5.69 Å². The Balaban J connectivity index is 1.71. The summed E-state index contributed by atoms with van der Waals surface area (Å²) in [6.45, 7) is 1.97. The second kappa shape index (κ2) is 8.46. The van der Waals surface area contributed by atoms with Crippen molar-refractivity contribution in [1.29, 1.82) is 0 Å². The number of rotatable bonds is 7. The zero-order valence-electron chi connectivity index (χ0n) is 16.3. The molecule has 8 nitrogen and oxygen atoms in total. The highest BCUT2D eigenvalue weighted by Crippen LogP contribution is 2.16. The van der Waals surface area contributed by atoms with Crippen LogP contribution in [0.5, 0.6) is 5.75 Å². The van der Waals surface area contributed by atoms with Crippen molar-refractivity contribution in [3.8, 4) is 11.4 Å². The van der Waals surface area contributed by atoms with Crippen LogP contribution < -0.4 is 14.8 Å². The maximum absolute atomic E-state index is 12.6. The van der Waals surface area contributed by atoms with Gasteiger partial charge in [0.1, 0.15) is 5.75 Å². The van der Waals surface area contributed by atoms with E-state index in [1.54, 1.807) is 37.0 Å². The Morgan fingerprint density at radius 1 is 1.14 bits per heavy atom. The molecule has 0 bridgehead atoms. The highest BCUT2D eigenvalue weighted by atomic mass is 32.2. The average molecular weight is 414 g/mol. The zero-order chi connectivity index (χ0) is 21.0. The van der Waals surface area contributed by atoms with E-state index in [0.717, 1.165) is 11.4 Å². The SMILES string of the molecule is CNS(=O)(=O)c1ccc(C)c(C(=O)NCc2ccn(-c3ccc(OC)cc3)n2)c1. The molecule has 0 unspecified atom stereocenters. The molecule has 0 atom stereocenters. The number of nitrogens with zero attached hydrogens (tertiary/aromatic N) is 2. The molecule has 1 aromatic heterocycles. The highest BCUT2D eigenvalue weighted by Gasteiger charge is 2.16. The molecule has 1 amide bonds. The number of carbonyl (C=O) groups is 1. The lowest BCUT2D eigenvalue weighted by Crippen LogP contribution is -2.25. The molecule has 2 N–H and O–H groups in total. The second-order valence-electron chi connectivity index (χ2n) is 6.32. The van der Waals surface area contributed by atoms with Gasteiger partial charge >= 0.3 is 0 Å². The summed E-state index contributed by atoms with van der Waals surface area (Å²) in [5.41, 5.74) is 2.52. The lowest BCUT2D eigenvalue weighted by molar-refractivity contribution is 0.0949. The summed E-state index contributed by atoms with van der Waals surface area (Å²) in [6, 6.07) is 13.7. The fourth-order valence-electron chi connectivity index (χ4n) is 2.73. The summed E-state index contributed by atoms with van der Waals surface area (Å²) in [5.74, 6) is 0.390. The van der Waals surface area contributed by atoms with E-state index in [0.29, 0.717) is 16.8 Å². The van der Waals surface area contributed by atoms with Crippen molar-refractivity contribution in [3.63, 3.8) is 0 Å². The quantitative estimate of drug-likeness (QED) is 0.616. The van der Waals surface area contributed by atoms with Gasteiger partial charge < -0.3 is 10.1 Å². The minimum atomic E-state index is -3.63. The van der Waals surface area contributed by atoms with Crippen LogP contribution in [0, 0.1) is 6.92 Å². The molecule has 9 heteroatoms. The van der Waals surface area contributed by atoms with E-state index in [2.05, 4.69) is 15.1 Å². The molecule has 2 aromatic carbocycles. The Bertz CT molecular complexity index is 1120. The maximum Gasteiger partial charge on any atom is 0.251 e. The molecule has 3 rings (SSSR count). The molecular weight excluding hydrogens is 392 g/mol. The number of hydrogen-bond acceptors (Lipinski definition) is 5. The zero-order valence-corrected chi connectivity index (χ0v) is 17.2. The first-order chi connectivity index (χ1) is 13.8. The van der Waals surface area contributed by atoms with Gasteiger partial charge in [-0.25, -0.2) is 17.8 Å². The third kappa shape index (κ3) is 4.64. The topological polar surface area (TPSA) is 102 Å². The van der Waals surface area contributed by atoms with Gasteiger partial charge in [-0.3, -0.25) is 4.79 Å². The first-order valence-corrected chi connectivity index (χ1v) is 10.3. The summed E-state index contributed by atoms with van der Waals surface area (Å²) in [7, 11) is -0.691. The van der Waals surface area contributed by atoms with Gasteiger partial charge in [0.2, 0.25) is 10.0 Å². The van der Waals surface area contributed by atoms with Gasteiger partial charge in [-0.15, -0.1) is 0 Å². The number of aromatic nitrogens is 2. The molecule has 0 radical (unpaired) electrons. The summed E-state index contributed by atoms with van der Waals surface area (Å²) >= 11 is 0. The number of sulfonamides is 1. The first kappa shape index (κ1) is 20.6. The molecule has 29 heavy (non-hydrogen) atoms. The van der Waals surface area contributed by atoms with Gasteiger partial charge in [-0.2, -0.15) is 5.10 Å². The van der Waals surface area contributed by atoms with Gasteiger partial charge in [0.25, 0.3) is 5.91 Å². The van der Waals surface area contributed by atoms with Crippen molar-refractivity contribution in [2.45, 2.75) is 18.4 Å². The maximum atomic E-state index is 12.6. The second-order valence-corrected chi connectivity index (χ2v) is 8.20. The number of hydrogen-bond donors (Lipinski definition) is 2. The Labute approximate surface area is 169 Å². The smallest absolute Gasteiger partial charge is 0.251 e. The average Bonchev–Trinajstić information content (AvgIpc) is 3.21. The van der Waals surface area contributed by atoms with Crippen LogP contribution in [-0.4, -0.2) is 38.3 Å². The van der Waals surface area contributed by atoms with Crippen molar-refractivity contribution in [3.05, 3.63) is 71.5 Å². The largest absolute Gasteiger partial charge is 0.497 e. The van der Waals surface area contributed by atoms with E-state index >= 15 is 0 Å². The number of aryl methyl sites for hydroxylation is 1. The summed E-state index contributed by atoms with van der Waals surface area (Å²) in [6.07, 6.45) is 1.80. The van der Waals surface area contributed by atoms with Crippen LogP contribution in [0.4, 0.5) is 0 Å². The van der Waals surface area contributed by atoms with Gasteiger partial charge in [-0.05, 0) is 62.0 Å². The summed E-state index contributed by atoms with van der Waals surface area (Å²) < 4.78 is 33.1. The Morgan fingerprint density at radius 2 is 1.86 bits per heavy atom. The van der Waals surface area contributed by atoms with Crippen molar-refractivity contribution in [2.24, 2.45) is 0 Å². The molecule has 1 heterocycles. The molecule has 0 fully saturated rings. The number of ether oxygens (including phenoxy) is 1. The molecule has 0 saturated heterocycles. The standard InChI is InChI=1S/C20H22N4O4S/c1-14-4-9-18(29(26,27)21-2)12-19(14)20(25)22-13-15-10-11-24(23-15)16-5-7-17(28-3)8-6-16/h4-12,21H,13H2,1-3H3,(H,22,25). The number of methoxy groups -OCH3 is 1. The van der Waals surface area contributed by atoms with Crippen LogP contribution >= 0.6 is 0 Å². The van der Waals surface area contributed by atoms with E-state index < -0.39 is 10.0 Å². The number of nitrogens with one attached hydrogen (secondary N) is 2. The predicted molar refractivity (Wildman–Crippen MR) is 109 cm³/mol. The number of amides is 1. The fraction of sp³-hybridized carbons (Fsp3) is 0.200. The molecule has 0 saturated carbocycles. The van der Waals surface area contributed by atoms with Crippen molar-refractivity contribution < 1.29 is 17.9 Å². The third-order valence-corrected chi connectivity index (χ3v) is 5.86. The predicted octanol–water partition coefficient (Wildman–Crippen LogP) is 2.03. The minimum absolute atomic E-state index is 0.0412. The van der Waals surface area contributed by atoms with E-state index in [4.69, 9.17) is 4.74 Å². The minimum Gasteiger partial charge on any atom is -0.497 e. The van der Waals surface area contributed by atoms with Gasteiger partial charge in [0.15, 0.2) is 0 Å². The Kier molecular flexibility index (Phi) is 6.00. The summed E-state index contributed by atoms with van der Waals surface area (Å²) in [5, 5.41) is 7.24. The lowest BCUT2D eigenvalue weighted by Gasteiger charge is -2.09. The third-order valence-electron chi connectivity index (χ3n) is 4.44. The molecule has 0 aliphatic heterocycles. The molecule has 152 valence electrons. The molecule has 0 aliphatic rings. The van der Waals surface area contributed by atoms with Crippen molar-refractivity contribution in [2.75, 3.05) is 14.2 Å². The monoisotopic (exact) mass is 414 g/mol. The van der Waals surface area contributed by atoms with Gasteiger partial charge in [0, 0.05) is 11.8 Å². The van der Waals surface area contributed by atoms with Crippen LogP contribution in [0.15, 0.2) is 59.6 Å². The van der Waals surface area contributed by atoms with Crippen molar-refractivity contribution >= 4 is 15.9 Å². The van der Waals surface area contributed by atoms with E-state index in [9.17, 15) is 13.2 Å². The van der Waals surface area contributed by atoms with E-state index in [1.165, 1.54) is 19.2 Å². The van der Waals surface area contributed by atoms with E-state index in [1.807, 2.05) is 24.3 Å². The van der Waals surface area contributed by atoms with E-state index in [-0.39, 0.29) is 17.3 Å². The molecule has 0 aliphatic carbocycles. The van der Waals surface area contributed by atoms with Gasteiger partial charge in [0.05, 0.1) is 29.9 Å². The molecule has 0 spiro atoms. The molecule has 3 aromatic rings.